The molecule has 8 heterocycles. The molecule has 97 heavy (non-hydrogen) atoms. The molecule has 0 saturated carbocycles. The number of benzene rings is 2. The highest BCUT2D eigenvalue weighted by Gasteiger charge is 2.32. The molecule has 6 aromatic heterocycles. The molecule has 0 bridgehead atoms. The number of carbonyl (C=O) groups is 2. The van der Waals surface area contributed by atoms with Gasteiger partial charge in [0.2, 0.25) is 0 Å². The molecule has 8 aromatic rings. The third kappa shape index (κ3) is 29.2. The third-order valence-corrected chi connectivity index (χ3v) is 73.2. The van der Waals surface area contributed by atoms with Crippen molar-refractivity contribution in [2.75, 3.05) is 13.1 Å². The SMILES string of the molecule is CC1CNCc2nnc(-c3nccs3)n21.Cc1cc(Cc2ccc(F)c(C(=O)N3Cc4nnc(-c5nccs5)n4C(C)C3)c2)n[nH]c1=O.Cc1cc(Cc2ccc(F)c(C(=O)O)c2)n[nH]c1=O.S=S=S=S=S=S=S=S=S=S=S=S=S=S=S=S=S=S=S=S=S=S=S=S=S=S=S=S=S=S. The van der Waals surface area contributed by atoms with Crippen molar-refractivity contribution in [2.24, 2.45) is 0 Å². The number of aryl methyl sites for hydroxylation is 2. The maximum atomic E-state index is 14.7. The van der Waals surface area contributed by atoms with E-state index >= 15 is 0 Å². The number of aromatic carboxylic acids is 1. The van der Waals surface area contributed by atoms with Gasteiger partial charge in [-0.2, -0.15) is 10.2 Å². The molecule has 2 unspecified atom stereocenters. The quantitative estimate of drug-likeness (QED) is 0.152. The zero-order chi connectivity index (χ0) is 69.2. The van der Waals surface area contributed by atoms with E-state index < -0.39 is 23.5 Å². The molecule has 0 spiro atoms. The van der Waals surface area contributed by atoms with Crippen LogP contribution in [0.2, 0.25) is 0 Å². The second-order valence-electron chi connectivity index (χ2n) is 17.7. The van der Waals surface area contributed by atoms with Gasteiger partial charge in [-0.25, -0.2) is 33.7 Å². The Morgan fingerprint density at radius 3 is 1.34 bits per heavy atom. The Labute approximate surface area is 649 Å². The lowest BCUT2D eigenvalue weighted by atomic mass is 10.0. The molecule has 1 amide bonds. The van der Waals surface area contributed by atoms with E-state index in [-0.39, 0.29) is 34.8 Å². The van der Waals surface area contributed by atoms with Crippen molar-refractivity contribution in [3.8, 4) is 21.7 Å². The number of thiazole rings is 2. The summed E-state index contributed by atoms with van der Waals surface area (Å²) in [6, 6.07) is 11.9. The summed E-state index contributed by atoms with van der Waals surface area (Å²) < 4.78 is 32.1. The van der Waals surface area contributed by atoms with Gasteiger partial charge in [-0.1, -0.05) is 12.1 Å². The fraction of sp³-hybridized carbons (Fsp3) is 0.273. The van der Waals surface area contributed by atoms with E-state index in [4.69, 9.17) is 27.5 Å². The molecule has 2 aromatic carbocycles. The van der Waals surface area contributed by atoms with Crippen molar-refractivity contribution in [1.29, 1.82) is 0 Å². The number of nitrogens with zero attached hydrogens (tertiary/aromatic N) is 11. The number of fused-ring (bicyclic) bond motifs is 2. The predicted molar refractivity (Wildman–Crippen MR) is 464 cm³/mol. The molecule has 2 aliphatic rings. The highest BCUT2D eigenvalue weighted by molar-refractivity contribution is 8.80. The van der Waals surface area contributed by atoms with Gasteiger partial charge in [0.05, 0.1) is 41.6 Å². The number of rotatable bonds is 8. The molecule has 2 atom stereocenters. The maximum Gasteiger partial charge on any atom is 0.338 e. The van der Waals surface area contributed by atoms with E-state index in [1.54, 1.807) is 191 Å². The van der Waals surface area contributed by atoms with Crippen LogP contribution in [0.15, 0.2) is 81.3 Å². The first-order valence-corrected chi connectivity index (χ1v) is 66.1. The summed E-state index contributed by atoms with van der Waals surface area (Å²) in [5.41, 5.74) is 2.70. The number of carboxylic acids is 1. The molecule has 0 aliphatic carbocycles. The Morgan fingerprint density at radius 2 is 0.948 bits per heavy atom. The van der Waals surface area contributed by atoms with Crippen LogP contribution in [0.3, 0.4) is 0 Å². The maximum absolute atomic E-state index is 14.7. The van der Waals surface area contributed by atoms with E-state index in [0.29, 0.717) is 65.2 Å². The van der Waals surface area contributed by atoms with Crippen LogP contribution in [-0.4, -0.2) is 94.9 Å². The van der Waals surface area contributed by atoms with Gasteiger partial charge in [0, 0.05) is 337 Å². The topological polar surface area (TPSA) is 248 Å². The van der Waals surface area contributed by atoms with Crippen molar-refractivity contribution in [2.45, 2.75) is 65.7 Å². The molecular formula is C44H42F2N14O5S32. The van der Waals surface area contributed by atoms with Crippen molar-refractivity contribution >= 4 is 306 Å². The summed E-state index contributed by atoms with van der Waals surface area (Å²) in [6.07, 6.45) is 4.19. The lowest BCUT2D eigenvalue weighted by Crippen LogP contribution is -2.40. The van der Waals surface area contributed by atoms with E-state index in [1.165, 1.54) is 47.3 Å². The smallest absolute Gasteiger partial charge is 0.338 e. The number of hydrogen-bond donors (Lipinski definition) is 4. The van der Waals surface area contributed by atoms with E-state index in [2.05, 4.69) is 67.6 Å². The van der Waals surface area contributed by atoms with Crippen LogP contribution >= 0.6 is 22.7 Å². The number of hydrogen-bond acceptors (Lipinski definition) is 17. The van der Waals surface area contributed by atoms with Gasteiger partial charge in [0.25, 0.3) is 17.0 Å². The minimum absolute atomic E-state index is 0.00559. The van der Waals surface area contributed by atoms with Gasteiger partial charge in [0.15, 0.2) is 27.5 Å². The molecule has 10 rings (SSSR count). The van der Waals surface area contributed by atoms with Crippen LogP contribution in [0.5, 0.6) is 0 Å². The lowest BCUT2D eigenvalue weighted by Gasteiger charge is -2.32. The number of halogens is 2. The zero-order valence-corrected chi connectivity index (χ0v) is 74.8. The minimum Gasteiger partial charge on any atom is -0.478 e. The Kier molecular flexibility index (Phi) is 40.9. The van der Waals surface area contributed by atoms with Gasteiger partial charge in [-0.05, 0) is 75.2 Å². The minimum atomic E-state index is -1.31. The fourth-order valence-corrected chi connectivity index (χ4v) is 80.5. The van der Waals surface area contributed by atoms with E-state index in [9.17, 15) is 28.0 Å². The van der Waals surface area contributed by atoms with Gasteiger partial charge >= 0.3 is 5.97 Å². The van der Waals surface area contributed by atoms with Crippen LogP contribution in [0.4, 0.5) is 8.78 Å². The molecule has 19 nitrogen and oxygen atoms in total. The van der Waals surface area contributed by atoms with Crippen LogP contribution < -0.4 is 16.4 Å². The third-order valence-electron chi connectivity index (χ3n) is 11.6. The van der Waals surface area contributed by atoms with E-state index in [1.807, 2.05) is 129 Å². The van der Waals surface area contributed by atoms with Crippen LogP contribution in [-0.2, 0) is 297 Å². The molecule has 4 N–H and O–H groups in total. The number of carbonyl (C=O) groups excluding carboxylic acids is 1. The Hall–Kier alpha value is -0.900. The van der Waals surface area contributed by atoms with Crippen LogP contribution in [0.1, 0.15) is 91.9 Å². The van der Waals surface area contributed by atoms with Crippen molar-refractivity contribution in [3.05, 3.63) is 160 Å². The first-order valence-electron chi connectivity index (χ1n) is 25.6. The van der Waals surface area contributed by atoms with Crippen LogP contribution in [0.25, 0.3) is 21.7 Å². The number of carboxylic acid groups (broad SMARTS) is 1. The van der Waals surface area contributed by atoms with Gasteiger partial charge in [-0.3, -0.25) is 14.4 Å². The van der Waals surface area contributed by atoms with Crippen molar-refractivity contribution in [1.82, 2.24) is 70.1 Å². The number of H-pyrrole nitrogens is 2. The van der Waals surface area contributed by atoms with Gasteiger partial charge in [0.1, 0.15) is 17.5 Å². The Morgan fingerprint density at radius 1 is 0.557 bits per heavy atom. The summed E-state index contributed by atoms with van der Waals surface area (Å²) in [5, 5.41) is 47.3. The highest BCUT2D eigenvalue weighted by atomic mass is 33.5. The average Bonchev–Trinajstić information content (AvgIpc) is 1.70. The molecule has 524 valence electrons. The summed E-state index contributed by atoms with van der Waals surface area (Å²) >= 11 is 12.7. The summed E-state index contributed by atoms with van der Waals surface area (Å²) in [5.74, 6) is 0.127. The van der Waals surface area contributed by atoms with Crippen molar-refractivity contribution < 1.29 is 23.5 Å². The number of nitrogens with one attached hydrogen (secondary N) is 3. The van der Waals surface area contributed by atoms with Gasteiger partial charge < -0.3 is 24.5 Å². The lowest BCUT2D eigenvalue weighted by molar-refractivity contribution is 0.0673. The summed E-state index contributed by atoms with van der Waals surface area (Å²) in [7, 11) is 49.1. The van der Waals surface area contributed by atoms with Crippen molar-refractivity contribution in [3.63, 3.8) is 0 Å². The zero-order valence-electron chi connectivity index (χ0n) is 48.6. The number of aromatic nitrogens is 12. The Bertz CT molecular complexity index is 5600. The Balaban J connectivity index is 0.000000190. The summed E-state index contributed by atoms with van der Waals surface area (Å²) in [4.78, 5) is 57.0. The monoisotopic (exact) mass is 1910 g/mol. The molecule has 53 heteroatoms. The molecule has 0 radical (unpaired) electrons. The molecular weight excluding hydrogens is 1870 g/mol. The standard InChI is InChI=1S/C22H20FN7O2S.C13H11FN2O3.C9H11N5S.S30/c1-12-7-15(25-28-20(12)31)8-14-3-4-17(23)16(9-14)22(32)29-10-13(2)30-18(11-29)26-27-19(30)21-24-5-6-33-21;1-7-4-9(15-16-12(7)17)5-8-2-3-11(14)10(6-8)13(18)19;1-6-4-10-5-7-12-13-8(14(6)7)9-11-2-3-15-9;1-3-5-7-9-11-13-15-17-19-21-23-25-27-29-30-28-26-24-22-20-18-16-14-12-10-8-6-4-2/h3-7,9,13H,8,10-11H2,1-2H3,(H,28,31);2-4,6H,5H2,1H3,(H,16,17)(H,18,19);2-3,6,10H,4-5H2,1H3;. The fourth-order valence-electron chi connectivity index (χ4n) is 7.91. The average molecular weight is 1910 g/mol. The first kappa shape index (κ1) is 83.4. The summed E-state index contributed by atoms with van der Waals surface area (Å²) in [6.45, 7) is 9.86. The molecule has 2 aliphatic heterocycles. The van der Waals surface area contributed by atoms with E-state index in [0.717, 1.165) is 46.4 Å². The normalized spacial score (nSPS) is 12.8. The highest BCUT2D eigenvalue weighted by Crippen LogP contribution is 2.30. The molecule has 0 saturated heterocycles. The van der Waals surface area contributed by atoms with Crippen LogP contribution in [0, 0.1) is 25.5 Å². The number of amides is 1. The largest absolute Gasteiger partial charge is 0.478 e. The predicted octanol–water partition coefficient (Wildman–Crippen LogP) is 5.24. The second kappa shape index (κ2) is 47.5. The number of aromatic amines is 2. The molecule has 0 fully saturated rings. The first-order chi connectivity index (χ1) is 47.1. The second-order valence-corrected chi connectivity index (χ2v) is 69.1. The van der Waals surface area contributed by atoms with Gasteiger partial charge in [-0.15, -0.1) is 43.1 Å².